The standard InChI is InChI=1S/C18H21ClN2O4/c1-3-4-5-9-21(17(22)13-7-6-8-14(19)10-13)11-16-20-15(12-25-16)18(23)24-2/h6-8,10,12H,3-5,9,11H2,1-2H3. The maximum atomic E-state index is 12.8. The van der Waals surface area contributed by atoms with Gasteiger partial charge in [0.1, 0.15) is 6.26 Å². The van der Waals surface area contributed by atoms with Gasteiger partial charge in [0.15, 0.2) is 5.69 Å². The Hall–Kier alpha value is -2.34. The van der Waals surface area contributed by atoms with E-state index in [2.05, 4.69) is 16.6 Å². The average Bonchev–Trinajstić information content (AvgIpc) is 3.08. The van der Waals surface area contributed by atoms with Gasteiger partial charge in [-0.15, -0.1) is 0 Å². The summed E-state index contributed by atoms with van der Waals surface area (Å²) in [6, 6.07) is 6.80. The number of aromatic nitrogens is 1. The summed E-state index contributed by atoms with van der Waals surface area (Å²) >= 11 is 5.98. The molecule has 0 fully saturated rings. The summed E-state index contributed by atoms with van der Waals surface area (Å²) in [6.07, 6.45) is 4.16. The average molecular weight is 365 g/mol. The number of carbonyl (C=O) groups excluding carboxylic acids is 2. The maximum Gasteiger partial charge on any atom is 0.360 e. The van der Waals surface area contributed by atoms with Crippen molar-refractivity contribution in [1.29, 1.82) is 0 Å². The molecule has 0 saturated carbocycles. The fraction of sp³-hybridized carbons (Fsp3) is 0.389. The first-order chi connectivity index (χ1) is 12.0. The van der Waals surface area contributed by atoms with Gasteiger partial charge in [0.25, 0.3) is 5.91 Å². The Bertz CT molecular complexity index is 729. The molecule has 1 heterocycles. The van der Waals surface area contributed by atoms with E-state index in [4.69, 9.17) is 16.0 Å². The van der Waals surface area contributed by atoms with Crippen molar-refractivity contribution in [3.05, 3.63) is 52.7 Å². The zero-order valence-electron chi connectivity index (χ0n) is 14.3. The van der Waals surface area contributed by atoms with Crippen molar-refractivity contribution in [3.8, 4) is 0 Å². The Balaban J connectivity index is 2.16. The highest BCUT2D eigenvalue weighted by Crippen LogP contribution is 2.16. The number of amides is 1. The van der Waals surface area contributed by atoms with Crippen LogP contribution in [0.2, 0.25) is 5.02 Å². The van der Waals surface area contributed by atoms with Gasteiger partial charge in [-0.25, -0.2) is 9.78 Å². The summed E-state index contributed by atoms with van der Waals surface area (Å²) in [5, 5.41) is 0.503. The van der Waals surface area contributed by atoms with Crippen LogP contribution in [0.4, 0.5) is 0 Å². The zero-order chi connectivity index (χ0) is 18.2. The van der Waals surface area contributed by atoms with Crippen LogP contribution >= 0.6 is 11.6 Å². The number of methoxy groups -OCH3 is 1. The van der Waals surface area contributed by atoms with Crippen molar-refractivity contribution in [1.82, 2.24) is 9.88 Å². The Morgan fingerprint density at radius 3 is 2.80 bits per heavy atom. The highest BCUT2D eigenvalue weighted by atomic mass is 35.5. The topological polar surface area (TPSA) is 72.6 Å². The molecule has 0 spiro atoms. The van der Waals surface area contributed by atoms with E-state index in [1.54, 1.807) is 29.2 Å². The molecular formula is C18H21ClN2O4. The Kier molecular flexibility index (Phi) is 7.01. The van der Waals surface area contributed by atoms with Gasteiger partial charge in [0.05, 0.1) is 13.7 Å². The van der Waals surface area contributed by atoms with Crippen LogP contribution in [-0.2, 0) is 11.3 Å². The van der Waals surface area contributed by atoms with Crippen LogP contribution < -0.4 is 0 Å². The summed E-state index contributed by atoms with van der Waals surface area (Å²) in [5.74, 6) is -0.447. The normalized spacial score (nSPS) is 10.5. The first-order valence-corrected chi connectivity index (χ1v) is 8.50. The first-order valence-electron chi connectivity index (χ1n) is 8.12. The number of halogens is 1. The second-order valence-electron chi connectivity index (χ2n) is 5.56. The van der Waals surface area contributed by atoms with Crippen molar-refractivity contribution in [2.24, 2.45) is 0 Å². The third-order valence-corrected chi connectivity index (χ3v) is 3.90. The molecule has 2 aromatic rings. The summed E-state index contributed by atoms with van der Waals surface area (Å²) in [6.45, 7) is 2.83. The zero-order valence-corrected chi connectivity index (χ0v) is 15.1. The molecule has 0 atom stereocenters. The van der Waals surface area contributed by atoms with E-state index in [-0.39, 0.29) is 24.0 Å². The van der Waals surface area contributed by atoms with Crippen LogP contribution in [-0.4, -0.2) is 35.4 Å². The molecule has 0 saturated heterocycles. The molecule has 0 bridgehead atoms. The Morgan fingerprint density at radius 1 is 1.32 bits per heavy atom. The highest BCUT2D eigenvalue weighted by molar-refractivity contribution is 6.30. The lowest BCUT2D eigenvalue weighted by Crippen LogP contribution is -2.31. The number of nitrogens with zero attached hydrogens (tertiary/aromatic N) is 2. The predicted octanol–water partition coefficient (Wildman–Crippen LogP) is 3.95. The van der Waals surface area contributed by atoms with Gasteiger partial charge in [0.2, 0.25) is 5.89 Å². The number of hydrogen-bond donors (Lipinski definition) is 0. The van der Waals surface area contributed by atoms with E-state index >= 15 is 0 Å². The second kappa shape index (κ2) is 9.22. The number of oxazole rings is 1. The molecule has 0 aliphatic carbocycles. The van der Waals surface area contributed by atoms with Crippen molar-refractivity contribution in [2.45, 2.75) is 32.7 Å². The minimum Gasteiger partial charge on any atom is -0.464 e. The van der Waals surface area contributed by atoms with Crippen LogP contribution in [0, 0.1) is 0 Å². The number of hydrogen-bond acceptors (Lipinski definition) is 5. The lowest BCUT2D eigenvalue weighted by atomic mass is 10.1. The number of esters is 1. The van der Waals surface area contributed by atoms with Gasteiger partial charge < -0.3 is 14.1 Å². The van der Waals surface area contributed by atoms with Gasteiger partial charge in [-0.3, -0.25) is 4.79 Å². The van der Waals surface area contributed by atoms with Crippen molar-refractivity contribution >= 4 is 23.5 Å². The fourth-order valence-electron chi connectivity index (χ4n) is 2.35. The number of rotatable bonds is 8. The third kappa shape index (κ3) is 5.32. The molecule has 134 valence electrons. The predicted molar refractivity (Wildman–Crippen MR) is 93.6 cm³/mol. The van der Waals surface area contributed by atoms with Gasteiger partial charge >= 0.3 is 5.97 Å². The van der Waals surface area contributed by atoms with E-state index < -0.39 is 5.97 Å². The van der Waals surface area contributed by atoms with Gasteiger partial charge in [-0.05, 0) is 24.6 Å². The summed E-state index contributed by atoms with van der Waals surface area (Å²) in [5.41, 5.74) is 0.588. The SMILES string of the molecule is CCCCCN(Cc1nc(C(=O)OC)co1)C(=O)c1cccc(Cl)c1. The largest absolute Gasteiger partial charge is 0.464 e. The molecule has 0 aliphatic heterocycles. The first kappa shape index (κ1) is 19.0. The molecule has 6 nitrogen and oxygen atoms in total. The third-order valence-electron chi connectivity index (χ3n) is 3.66. The molecule has 1 aromatic heterocycles. The van der Waals surface area contributed by atoms with Crippen LogP contribution in [0.1, 0.15) is 52.9 Å². The summed E-state index contributed by atoms with van der Waals surface area (Å²) in [4.78, 5) is 30.0. The van der Waals surface area contributed by atoms with Crippen molar-refractivity contribution < 1.29 is 18.7 Å². The van der Waals surface area contributed by atoms with E-state index in [1.165, 1.54) is 13.4 Å². The lowest BCUT2D eigenvalue weighted by Gasteiger charge is -2.21. The van der Waals surface area contributed by atoms with Crippen molar-refractivity contribution in [2.75, 3.05) is 13.7 Å². The number of carbonyl (C=O) groups is 2. The van der Waals surface area contributed by atoms with Gasteiger partial charge in [-0.2, -0.15) is 0 Å². The number of ether oxygens (including phenoxy) is 1. The molecular weight excluding hydrogens is 344 g/mol. The number of benzene rings is 1. The van der Waals surface area contributed by atoms with E-state index in [0.29, 0.717) is 17.1 Å². The highest BCUT2D eigenvalue weighted by Gasteiger charge is 2.20. The van der Waals surface area contributed by atoms with Crippen molar-refractivity contribution in [3.63, 3.8) is 0 Å². The fourth-order valence-corrected chi connectivity index (χ4v) is 2.54. The van der Waals surface area contributed by atoms with E-state index in [0.717, 1.165) is 19.3 Å². The summed E-state index contributed by atoms with van der Waals surface area (Å²) < 4.78 is 9.91. The molecule has 1 amide bonds. The molecule has 0 N–H and O–H groups in total. The Morgan fingerprint density at radius 2 is 2.12 bits per heavy atom. The van der Waals surface area contributed by atoms with Crippen LogP contribution in [0.5, 0.6) is 0 Å². The maximum absolute atomic E-state index is 12.8. The van der Waals surface area contributed by atoms with Gasteiger partial charge in [0, 0.05) is 17.1 Å². The quantitative estimate of drug-likeness (QED) is 0.524. The molecule has 0 aliphatic rings. The number of unbranched alkanes of at least 4 members (excludes halogenated alkanes) is 2. The Labute approximate surface area is 151 Å². The van der Waals surface area contributed by atoms with Gasteiger partial charge in [-0.1, -0.05) is 37.4 Å². The minimum atomic E-state index is -0.575. The van der Waals surface area contributed by atoms with Crippen LogP contribution in [0.15, 0.2) is 34.9 Å². The second-order valence-corrected chi connectivity index (χ2v) is 6.00. The van der Waals surface area contributed by atoms with Crippen LogP contribution in [0.25, 0.3) is 0 Å². The molecule has 0 radical (unpaired) electrons. The monoisotopic (exact) mass is 364 g/mol. The van der Waals surface area contributed by atoms with E-state index in [9.17, 15) is 9.59 Å². The lowest BCUT2D eigenvalue weighted by molar-refractivity contribution is 0.0594. The van der Waals surface area contributed by atoms with E-state index in [1.807, 2.05) is 0 Å². The molecule has 2 rings (SSSR count). The molecule has 1 aromatic carbocycles. The summed E-state index contributed by atoms with van der Waals surface area (Å²) in [7, 11) is 1.27. The molecule has 25 heavy (non-hydrogen) atoms. The molecule has 7 heteroatoms. The molecule has 0 unspecified atom stereocenters. The minimum absolute atomic E-state index is 0.0845. The smallest absolute Gasteiger partial charge is 0.360 e. The van der Waals surface area contributed by atoms with Crippen LogP contribution in [0.3, 0.4) is 0 Å².